The molecule has 1 aromatic rings. The van der Waals surface area contributed by atoms with Crippen molar-refractivity contribution in [3.63, 3.8) is 0 Å². The molecule has 3 amide bonds. The molecule has 27 heavy (non-hydrogen) atoms. The summed E-state index contributed by atoms with van der Waals surface area (Å²) in [5.41, 5.74) is 6.40. The van der Waals surface area contributed by atoms with Crippen molar-refractivity contribution in [2.24, 2.45) is 17.6 Å². The summed E-state index contributed by atoms with van der Waals surface area (Å²) in [6, 6.07) is 10.1. The highest BCUT2D eigenvalue weighted by Gasteiger charge is 2.35. The monoisotopic (exact) mass is 371 g/mol. The number of nitrogens with zero attached hydrogens (tertiary/aromatic N) is 1. The lowest BCUT2D eigenvalue weighted by molar-refractivity contribution is -0.118. The molecule has 0 heterocycles. The minimum Gasteiger partial charge on any atom is -0.370 e. The summed E-state index contributed by atoms with van der Waals surface area (Å²) < 4.78 is 0. The number of carbonyl (C=O) groups is 2. The van der Waals surface area contributed by atoms with Crippen LogP contribution in [-0.4, -0.2) is 29.4 Å². The van der Waals surface area contributed by atoms with Crippen LogP contribution in [0.4, 0.5) is 4.79 Å². The first-order valence-electron chi connectivity index (χ1n) is 10.5. The van der Waals surface area contributed by atoms with Crippen molar-refractivity contribution < 1.29 is 9.59 Å². The fraction of sp³-hybridized carbons (Fsp3) is 0.636. The Labute approximate surface area is 162 Å². The summed E-state index contributed by atoms with van der Waals surface area (Å²) >= 11 is 0. The highest BCUT2D eigenvalue weighted by molar-refractivity contribution is 5.77. The van der Waals surface area contributed by atoms with Crippen LogP contribution in [-0.2, 0) is 11.3 Å². The molecule has 0 aromatic heterocycles. The molecule has 2 aliphatic rings. The molecule has 0 spiro atoms. The molecule has 2 aliphatic carbocycles. The lowest BCUT2D eigenvalue weighted by atomic mass is 9.86. The zero-order chi connectivity index (χ0) is 19.1. The molecule has 1 aromatic carbocycles. The molecule has 0 atom stereocenters. The summed E-state index contributed by atoms with van der Waals surface area (Å²) in [6.07, 6.45) is 10.2. The average Bonchev–Trinajstić information content (AvgIpc) is 3.37. The predicted octanol–water partition coefficient (Wildman–Crippen LogP) is 3.82. The molecular formula is C22H33N3O2. The highest BCUT2D eigenvalue weighted by atomic mass is 16.2. The van der Waals surface area contributed by atoms with Gasteiger partial charge in [-0.2, -0.15) is 0 Å². The zero-order valence-electron chi connectivity index (χ0n) is 16.2. The summed E-state index contributed by atoms with van der Waals surface area (Å²) in [6.45, 7) is 0.861. The zero-order valence-corrected chi connectivity index (χ0v) is 16.2. The van der Waals surface area contributed by atoms with E-state index in [-0.39, 0.29) is 24.4 Å². The van der Waals surface area contributed by atoms with Gasteiger partial charge in [-0.05, 0) is 43.1 Å². The van der Waals surface area contributed by atoms with Gasteiger partial charge in [0.2, 0.25) is 5.91 Å². The first kappa shape index (κ1) is 19.7. The van der Waals surface area contributed by atoms with Crippen LogP contribution >= 0.6 is 0 Å². The number of hydrogen-bond donors (Lipinski definition) is 2. The van der Waals surface area contributed by atoms with Gasteiger partial charge in [-0.1, -0.05) is 56.0 Å². The van der Waals surface area contributed by atoms with Crippen LogP contribution in [0.2, 0.25) is 0 Å². The van der Waals surface area contributed by atoms with Crippen molar-refractivity contribution in [1.29, 1.82) is 0 Å². The van der Waals surface area contributed by atoms with Gasteiger partial charge in [0.05, 0.1) is 0 Å². The predicted molar refractivity (Wildman–Crippen MR) is 107 cm³/mol. The minimum atomic E-state index is -0.371. The Morgan fingerprint density at radius 2 is 1.56 bits per heavy atom. The third-order valence-corrected chi connectivity index (χ3v) is 6.24. The van der Waals surface area contributed by atoms with Crippen LogP contribution in [0.5, 0.6) is 0 Å². The van der Waals surface area contributed by atoms with E-state index in [2.05, 4.69) is 5.32 Å². The number of hydrogen-bond acceptors (Lipinski definition) is 2. The number of primary amides is 1. The highest BCUT2D eigenvalue weighted by Crippen LogP contribution is 2.37. The van der Waals surface area contributed by atoms with Gasteiger partial charge in [-0.3, -0.25) is 4.79 Å². The van der Waals surface area contributed by atoms with E-state index in [4.69, 9.17) is 5.73 Å². The summed E-state index contributed by atoms with van der Waals surface area (Å²) in [4.78, 5) is 26.2. The second-order valence-electron chi connectivity index (χ2n) is 8.19. The number of carbonyl (C=O) groups excluding carboxylic acids is 2. The van der Waals surface area contributed by atoms with Gasteiger partial charge >= 0.3 is 6.03 Å². The second-order valence-corrected chi connectivity index (χ2v) is 8.19. The summed E-state index contributed by atoms with van der Waals surface area (Å²) in [5.74, 6) is 0.836. The van der Waals surface area contributed by atoms with E-state index in [1.165, 1.54) is 51.4 Å². The number of nitrogens with one attached hydrogen (secondary N) is 1. The van der Waals surface area contributed by atoms with Gasteiger partial charge < -0.3 is 16.0 Å². The maximum Gasteiger partial charge on any atom is 0.317 e. The fourth-order valence-corrected chi connectivity index (χ4v) is 4.79. The first-order valence-corrected chi connectivity index (χ1v) is 10.5. The van der Waals surface area contributed by atoms with Crippen LogP contribution in [0.1, 0.15) is 63.4 Å². The number of nitrogens with two attached hydrogens (primary N) is 1. The molecule has 148 valence electrons. The van der Waals surface area contributed by atoms with Crippen LogP contribution in [0, 0.1) is 11.8 Å². The van der Waals surface area contributed by atoms with Crippen LogP contribution < -0.4 is 11.1 Å². The first-order chi connectivity index (χ1) is 13.1. The second kappa shape index (κ2) is 9.77. The molecule has 0 unspecified atom stereocenters. The van der Waals surface area contributed by atoms with Crippen molar-refractivity contribution >= 4 is 11.9 Å². The quantitative estimate of drug-likeness (QED) is 0.729. The van der Waals surface area contributed by atoms with Crippen molar-refractivity contribution in [1.82, 2.24) is 10.2 Å². The Hall–Kier alpha value is -2.04. The Bertz CT molecular complexity index is 591. The van der Waals surface area contributed by atoms with E-state index in [1.54, 1.807) is 4.90 Å². The molecule has 5 nitrogen and oxygen atoms in total. The molecule has 0 saturated heterocycles. The number of rotatable bonds is 8. The molecule has 2 saturated carbocycles. The Kier molecular flexibility index (Phi) is 7.13. The topological polar surface area (TPSA) is 75.4 Å². The van der Waals surface area contributed by atoms with Gasteiger partial charge in [-0.25, -0.2) is 4.79 Å². The largest absolute Gasteiger partial charge is 0.370 e. The van der Waals surface area contributed by atoms with Crippen LogP contribution in [0.3, 0.4) is 0 Å². The maximum absolute atomic E-state index is 13.1. The third kappa shape index (κ3) is 5.72. The van der Waals surface area contributed by atoms with Gasteiger partial charge in [0.1, 0.15) is 0 Å². The Morgan fingerprint density at radius 3 is 2.07 bits per heavy atom. The lowest BCUT2D eigenvalue weighted by Crippen LogP contribution is -2.50. The van der Waals surface area contributed by atoms with E-state index in [0.717, 1.165) is 5.56 Å². The van der Waals surface area contributed by atoms with Crippen LogP contribution in [0.25, 0.3) is 0 Å². The minimum absolute atomic E-state index is 0.0519. The standard InChI is InChI=1S/C22H33N3O2/c23-20(26)14-15-25(16-17-8-2-1-3-9-17)22(27)24-21(18-10-4-5-11-18)19-12-6-7-13-19/h1-3,8-9,18-19,21H,4-7,10-16H2,(H2,23,26)(H,24,27). The van der Waals surface area contributed by atoms with Gasteiger partial charge in [0.15, 0.2) is 0 Å². The molecule has 0 aliphatic heterocycles. The van der Waals surface area contributed by atoms with Gasteiger partial charge in [-0.15, -0.1) is 0 Å². The number of urea groups is 1. The number of benzene rings is 1. The normalized spacial score (nSPS) is 18.1. The average molecular weight is 372 g/mol. The van der Waals surface area contributed by atoms with Crippen LogP contribution in [0.15, 0.2) is 30.3 Å². The van der Waals surface area contributed by atoms with Crippen molar-refractivity contribution in [3.8, 4) is 0 Å². The third-order valence-electron chi connectivity index (χ3n) is 6.24. The molecular weight excluding hydrogens is 338 g/mol. The van der Waals surface area contributed by atoms with E-state index in [1.807, 2.05) is 30.3 Å². The maximum atomic E-state index is 13.1. The smallest absolute Gasteiger partial charge is 0.317 e. The van der Waals surface area contributed by atoms with Gasteiger partial charge in [0, 0.05) is 25.6 Å². The molecule has 3 rings (SSSR count). The summed E-state index contributed by atoms with van der Waals surface area (Å²) in [7, 11) is 0. The molecule has 2 fully saturated rings. The SMILES string of the molecule is NC(=O)CCN(Cc1ccccc1)C(=O)NC(C1CCCC1)C1CCCC1. The lowest BCUT2D eigenvalue weighted by Gasteiger charge is -2.33. The van der Waals surface area contributed by atoms with Gasteiger partial charge in [0.25, 0.3) is 0 Å². The summed E-state index contributed by atoms with van der Waals surface area (Å²) in [5, 5.41) is 3.38. The van der Waals surface area contributed by atoms with Crippen molar-refractivity contribution in [2.45, 2.75) is 70.4 Å². The molecule has 5 heteroatoms. The molecule has 3 N–H and O–H groups in total. The molecule has 0 bridgehead atoms. The van der Waals surface area contributed by atoms with E-state index in [0.29, 0.717) is 24.9 Å². The molecule has 0 radical (unpaired) electrons. The van der Waals surface area contributed by atoms with E-state index < -0.39 is 0 Å². The van der Waals surface area contributed by atoms with E-state index in [9.17, 15) is 9.59 Å². The van der Waals surface area contributed by atoms with Crippen molar-refractivity contribution in [3.05, 3.63) is 35.9 Å². The van der Waals surface area contributed by atoms with E-state index >= 15 is 0 Å². The fourth-order valence-electron chi connectivity index (χ4n) is 4.79. The Morgan fingerprint density at radius 1 is 1.00 bits per heavy atom. The van der Waals surface area contributed by atoms with Crippen molar-refractivity contribution in [2.75, 3.05) is 6.54 Å². The Balaban J connectivity index is 1.69. The number of amides is 3.